The highest BCUT2D eigenvalue weighted by molar-refractivity contribution is 6.11. The van der Waals surface area contributed by atoms with Crippen LogP contribution in [0.4, 0.5) is 5.69 Å². The number of anilines is 1. The van der Waals surface area contributed by atoms with Crippen molar-refractivity contribution in [3.8, 4) is 5.75 Å². The lowest BCUT2D eigenvalue weighted by Crippen LogP contribution is -2.48. The van der Waals surface area contributed by atoms with E-state index in [1.54, 1.807) is 19.2 Å². The first-order chi connectivity index (χ1) is 18.1. The van der Waals surface area contributed by atoms with Gasteiger partial charge in [-0.25, -0.2) is 0 Å². The molecular weight excluding hydrogens is 464 g/mol. The molecule has 0 radical (unpaired) electrons. The van der Waals surface area contributed by atoms with Crippen LogP contribution >= 0.6 is 0 Å². The van der Waals surface area contributed by atoms with Gasteiger partial charge in [0.15, 0.2) is 0 Å². The molecule has 3 aliphatic carbocycles. The average molecular weight is 495 g/mol. The van der Waals surface area contributed by atoms with Gasteiger partial charge in [-0.3, -0.25) is 19.3 Å². The molecule has 37 heavy (non-hydrogen) atoms. The molecule has 0 aromatic heterocycles. The third-order valence-electron chi connectivity index (χ3n) is 8.29. The number of nitrogens with zero attached hydrogens (tertiary/aromatic N) is 1. The number of ether oxygens (including phenoxy) is 1. The van der Waals surface area contributed by atoms with Crippen LogP contribution in [0.1, 0.15) is 60.3 Å². The SMILES string of the molecule is CCCC[C@H](C(=O)Nc1ccccc1OC)N1C(=O)[C@H]2C3c4ccccc4C(c4ccccc43)[C@@H]2C1=O. The summed E-state index contributed by atoms with van der Waals surface area (Å²) in [7, 11) is 1.54. The van der Waals surface area contributed by atoms with Gasteiger partial charge in [-0.2, -0.15) is 0 Å². The molecule has 3 atom stereocenters. The van der Waals surface area contributed by atoms with Crippen molar-refractivity contribution >= 4 is 23.4 Å². The van der Waals surface area contributed by atoms with Crippen molar-refractivity contribution in [2.75, 3.05) is 12.4 Å². The Labute approximate surface area is 216 Å². The van der Waals surface area contributed by atoms with Crippen molar-refractivity contribution in [2.45, 2.75) is 44.1 Å². The molecule has 3 amide bonds. The van der Waals surface area contributed by atoms with Gasteiger partial charge in [0.2, 0.25) is 17.7 Å². The van der Waals surface area contributed by atoms with E-state index in [4.69, 9.17) is 4.74 Å². The second kappa shape index (κ2) is 9.18. The number of nitrogens with one attached hydrogen (secondary N) is 1. The summed E-state index contributed by atoms with van der Waals surface area (Å²) in [6, 6.07) is 22.6. The first-order valence-electron chi connectivity index (χ1n) is 13.0. The van der Waals surface area contributed by atoms with Crippen LogP contribution in [0.5, 0.6) is 5.75 Å². The van der Waals surface area contributed by atoms with Crippen molar-refractivity contribution in [3.05, 3.63) is 95.1 Å². The number of rotatable bonds is 7. The molecule has 6 heteroatoms. The van der Waals surface area contributed by atoms with Gasteiger partial charge in [0.05, 0.1) is 24.6 Å². The van der Waals surface area contributed by atoms with Gasteiger partial charge in [-0.05, 0) is 40.8 Å². The molecule has 1 aliphatic heterocycles. The number of benzene rings is 3. The number of carbonyl (C=O) groups excluding carboxylic acids is 3. The maximum Gasteiger partial charge on any atom is 0.247 e. The molecule has 0 unspecified atom stereocenters. The molecule has 1 heterocycles. The minimum Gasteiger partial charge on any atom is -0.495 e. The highest BCUT2D eigenvalue weighted by Crippen LogP contribution is 2.61. The van der Waals surface area contributed by atoms with Crippen molar-refractivity contribution in [3.63, 3.8) is 0 Å². The first-order valence-corrected chi connectivity index (χ1v) is 13.0. The van der Waals surface area contributed by atoms with E-state index in [1.807, 2.05) is 43.3 Å². The predicted octanol–water partition coefficient (Wildman–Crippen LogP) is 5.08. The van der Waals surface area contributed by atoms with Gasteiger partial charge >= 0.3 is 0 Å². The van der Waals surface area contributed by atoms with Gasteiger partial charge < -0.3 is 10.1 Å². The topological polar surface area (TPSA) is 75.7 Å². The zero-order chi connectivity index (χ0) is 25.7. The minimum atomic E-state index is -0.874. The molecule has 0 saturated carbocycles. The third-order valence-corrected chi connectivity index (χ3v) is 8.29. The van der Waals surface area contributed by atoms with E-state index in [0.29, 0.717) is 17.9 Å². The monoisotopic (exact) mass is 494 g/mol. The maximum absolute atomic E-state index is 14.1. The van der Waals surface area contributed by atoms with E-state index < -0.39 is 17.9 Å². The summed E-state index contributed by atoms with van der Waals surface area (Å²) >= 11 is 0. The summed E-state index contributed by atoms with van der Waals surface area (Å²) in [6.07, 6.45) is 2.00. The molecule has 1 N–H and O–H groups in total. The van der Waals surface area contributed by atoms with E-state index in [2.05, 4.69) is 29.6 Å². The summed E-state index contributed by atoms with van der Waals surface area (Å²) in [6.45, 7) is 2.04. The molecule has 6 nitrogen and oxygen atoms in total. The molecule has 1 saturated heterocycles. The summed E-state index contributed by atoms with van der Waals surface area (Å²) in [5.41, 5.74) is 5.02. The number of imide groups is 1. The van der Waals surface area contributed by atoms with Crippen LogP contribution in [0, 0.1) is 11.8 Å². The Morgan fingerprint density at radius 1 is 0.838 bits per heavy atom. The first kappa shape index (κ1) is 23.5. The molecular formula is C31H30N2O4. The lowest BCUT2D eigenvalue weighted by Gasteiger charge is -2.45. The fourth-order valence-corrected chi connectivity index (χ4v) is 6.75. The number of unbranched alkanes of at least 4 members (excludes halogenated alkanes) is 1. The Morgan fingerprint density at radius 2 is 1.32 bits per heavy atom. The normalized spacial score (nSPS) is 23.8. The Morgan fingerprint density at radius 3 is 1.81 bits per heavy atom. The van der Waals surface area contributed by atoms with Gasteiger partial charge in [0.25, 0.3) is 0 Å². The highest BCUT2D eigenvalue weighted by atomic mass is 16.5. The Hall–Kier alpha value is -3.93. The fraction of sp³-hybridized carbons (Fsp3) is 0.323. The lowest BCUT2D eigenvalue weighted by molar-refractivity contribution is -0.147. The number of carbonyl (C=O) groups is 3. The Balaban J connectivity index is 1.40. The van der Waals surface area contributed by atoms with Gasteiger partial charge in [0, 0.05) is 11.8 Å². The predicted molar refractivity (Wildman–Crippen MR) is 140 cm³/mol. The van der Waals surface area contributed by atoms with Crippen molar-refractivity contribution in [2.24, 2.45) is 11.8 Å². The molecule has 1 fully saturated rings. The van der Waals surface area contributed by atoms with Gasteiger partial charge in [0.1, 0.15) is 11.8 Å². The molecule has 2 bridgehead atoms. The second-order valence-corrected chi connectivity index (χ2v) is 10.2. The van der Waals surface area contributed by atoms with Crippen LogP contribution < -0.4 is 10.1 Å². The average Bonchev–Trinajstić information content (AvgIpc) is 3.19. The van der Waals surface area contributed by atoms with Gasteiger partial charge in [-0.1, -0.05) is 80.4 Å². The summed E-state index contributed by atoms with van der Waals surface area (Å²) < 4.78 is 5.40. The van der Waals surface area contributed by atoms with Crippen molar-refractivity contribution in [1.29, 1.82) is 0 Å². The minimum absolute atomic E-state index is 0.187. The molecule has 3 aromatic rings. The van der Waals surface area contributed by atoms with E-state index >= 15 is 0 Å². The van der Waals surface area contributed by atoms with Crippen LogP contribution in [0.15, 0.2) is 72.8 Å². The van der Waals surface area contributed by atoms with E-state index in [1.165, 1.54) is 4.90 Å². The van der Waals surface area contributed by atoms with Crippen molar-refractivity contribution in [1.82, 2.24) is 4.90 Å². The zero-order valence-electron chi connectivity index (χ0n) is 21.0. The zero-order valence-corrected chi connectivity index (χ0v) is 21.0. The number of amides is 3. The largest absolute Gasteiger partial charge is 0.495 e. The third kappa shape index (κ3) is 3.50. The number of likely N-dealkylation sites (tertiary alicyclic amines) is 1. The molecule has 4 aliphatic rings. The summed E-state index contributed by atoms with van der Waals surface area (Å²) in [5.74, 6) is -1.66. The van der Waals surface area contributed by atoms with Crippen LogP contribution in [0.25, 0.3) is 0 Å². The van der Waals surface area contributed by atoms with Crippen molar-refractivity contribution < 1.29 is 19.1 Å². The Kier molecular flexibility index (Phi) is 5.82. The number of methoxy groups -OCH3 is 1. The molecule has 7 rings (SSSR count). The molecule has 3 aromatic carbocycles. The second-order valence-electron chi connectivity index (χ2n) is 10.2. The maximum atomic E-state index is 14.1. The quantitative estimate of drug-likeness (QED) is 0.465. The molecule has 188 valence electrons. The van der Waals surface area contributed by atoms with E-state index in [0.717, 1.165) is 35.1 Å². The van der Waals surface area contributed by atoms with Crippen LogP contribution in [-0.2, 0) is 14.4 Å². The Bertz CT molecular complexity index is 1280. The summed E-state index contributed by atoms with van der Waals surface area (Å²) in [5, 5.41) is 2.93. The lowest BCUT2D eigenvalue weighted by atomic mass is 9.55. The van der Waals surface area contributed by atoms with Gasteiger partial charge in [-0.15, -0.1) is 0 Å². The smallest absolute Gasteiger partial charge is 0.247 e. The van der Waals surface area contributed by atoms with E-state index in [9.17, 15) is 14.4 Å². The number of para-hydroxylation sites is 2. The standard InChI is InChI=1S/C31H30N2O4/c1-3-4-16-23(29(34)32-22-15-9-10-17-24(22)37-2)33-30(35)27-25-18-11-5-6-12-19(18)26(28(27)31(33)36)21-14-8-7-13-20(21)25/h5-15,17,23,25-28H,3-4,16H2,1-2H3,(H,32,34)/t23-,25?,26?,27+,28+/m1/s1. The van der Waals surface area contributed by atoms with Crippen LogP contribution in [0.2, 0.25) is 0 Å². The highest BCUT2D eigenvalue weighted by Gasteiger charge is 2.62. The van der Waals surface area contributed by atoms with Crippen LogP contribution in [-0.4, -0.2) is 35.8 Å². The number of hydrogen-bond donors (Lipinski definition) is 1. The molecule has 0 spiro atoms. The van der Waals surface area contributed by atoms with Crippen LogP contribution in [0.3, 0.4) is 0 Å². The fourth-order valence-electron chi connectivity index (χ4n) is 6.75. The van der Waals surface area contributed by atoms with E-state index in [-0.39, 0.29) is 29.6 Å². The number of hydrogen-bond acceptors (Lipinski definition) is 4. The summed E-state index contributed by atoms with van der Waals surface area (Å²) in [4.78, 5) is 43.3.